The Kier molecular flexibility index (Phi) is 3.63. The van der Waals surface area contributed by atoms with Gasteiger partial charge in [0.25, 0.3) is 0 Å². The normalized spacial score (nSPS) is 11.8. The molecule has 120 valence electrons. The number of halogens is 1. The fraction of sp³-hybridized carbons (Fsp3) is 0.267. The van der Waals surface area contributed by atoms with E-state index in [1.165, 1.54) is 4.40 Å². The Bertz CT molecular complexity index is 968. The maximum absolute atomic E-state index is 12.1. The van der Waals surface area contributed by atoms with Crippen molar-refractivity contribution >= 4 is 44.3 Å². The van der Waals surface area contributed by atoms with Gasteiger partial charge < -0.3 is 4.74 Å². The van der Waals surface area contributed by atoms with E-state index in [4.69, 9.17) is 4.74 Å². The quantitative estimate of drug-likeness (QED) is 0.679. The average molecular weight is 379 g/mol. The van der Waals surface area contributed by atoms with E-state index in [0.29, 0.717) is 22.2 Å². The van der Waals surface area contributed by atoms with Crippen molar-refractivity contribution in [1.82, 2.24) is 14.6 Å². The summed E-state index contributed by atoms with van der Waals surface area (Å²) in [5, 5.41) is 9.77. The molecule has 3 rings (SSSR count). The van der Waals surface area contributed by atoms with Gasteiger partial charge in [-0.2, -0.15) is 5.10 Å². The first kappa shape index (κ1) is 15.5. The predicted molar refractivity (Wildman–Crippen MR) is 90.9 cm³/mol. The number of carbonyl (C=O) groups excluding carboxylic acids is 1. The number of anilines is 1. The lowest BCUT2D eigenvalue weighted by Crippen LogP contribution is -2.27. The number of nitrogens with one attached hydrogen (secondary N) is 2. The van der Waals surface area contributed by atoms with Gasteiger partial charge in [0, 0.05) is 15.9 Å². The molecule has 0 atom stereocenters. The van der Waals surface area contributed by atoms with E-state index in [0.717, 1.165) is 4.47 Å². The summed E-state index contributed by atoms with van der Waals surface area (Å²) in [5.41, 5.74) is 0.623. The monoisotopic (exact) mass is 378 g/mol. The Hall–Kier alpha value is -2.35. The van der Waals surface area contributed by atoms with Crippen LogP contribution in [0, 0.1) is 0 Å². The maximum Gasteiger partial charge on any atom is 0.412 e. The largest absolute Gasteiger partial charge is 0.444 e. The topological polar surface area (TPSA) is 88.5 Å². The maximum atomic E-state index is 12.1. The average Bonchev–Trinajstić information content (AvgIpc) is 2.78. The summed E-state index contributed by atoms with van der Waals surface area (Å²) >= 11 is 3.40. The molecule has 0 radical (unpaired) electrons. The molecule has 3 aromatic rings. The summed E-state index contributed by atoms with van der Waals surface area (Å²) in [4.78, 5) is 24.0. The summed E-state index contributed by atoms with van der Waals surface area (Å²) in [7, 11) is 0. The van der Waals surface area contributed by atoms with Gasteiger partial charge in [-0.25, -0.2) is 19.1 Å². The first-order chi connectivity index (χ1) is 10.7. The number of benzene rings is 1. The molecule has 1 amide bonds. The first-order valence-electron chi connectivity index (χ1n) is 6.94. The Morgan fingerprint density at radius 3 is 2.78 bits per heavy atom. The summed E-state index contributed by atoms with van der Waals surface area (Å²) in [5.74, 6) is 0. The highest BCUT2D eigenvalue weighted by atomic mass is 79.9. The number of pyridine rings is 1. The summed E-state index contributed by atoms with van der Waals surface area (Å²) in [6.07, 6.45) is -0.569. The number of hydrogen-bond acceptors (Lipinski definition) is 4. The molecule has 0 aliphatic rings. The van der Waals surface area contributed by atoms with Crippen LogP contribution in [0.15, 0.2) is 33.5 Å². The summed E-state index contributed by atoms with van der Waals surface area (Å²) in [6, 6.07) is 7.04. The van der Waals surface area contributed by atoms with Gasteiger partial charge in [-0.15, -0.1) is 0 Å². The molecule has 0 saturated carbocycles. The number of aromatic nitrogens is 3. The zero-order chi connectivity index (χ0) is 16.8. The number of hydrogen-bond donors (Lipinski definition) is 2. The molecule has 1 aromatic carbocycles. The van der Waals surface area contributed by atoms with Crippen molar-refractivity contribution in [2.45, 2.75) is 26.4 Å². The van der Waals surface area contributed by atoms with Gasteiger partial charge in [0.05, 0.1) is 11.2 Å². The van der Waals surface area contributed by atoms with Gasteiger partial charge in [0.2, 0.25) is 0 Å². The molecule has 0 spiro atoms. The van der Waals surface area contributed by atoms with E-state index in [9.17, 15) is 9.59 Å². The van der Waals surface area contributed by atoms with E-state index in [1.54, 1.807) is 32.9 Å². The van der Waals surface area contributed by atoms with Crippen LogP contribution >= 0.6 is 15.9 Å². The van der Waals surface area contributed by atoms with Gasteiger partial charge in [-0.05, 0) is 39.0 Å². The van der Waals surface area contributed by atoms with Gasteiger partial charge >= 0.3 is 11.8 Å². The smallest absolute Gasteiger partial charge is 0.412 e. The van der Waals surface area contributed by atoms with Crippen LogP contribution in [-0.4, -0.2) is 26.3 Å². The molecule has 23 heavy (non-hydrogen) atoms. The van der Waals surface area contributed by atoms with Crippen molar-refractivity contribution in [3.8, 4) is 0 Å². The number of aromatic amines is 1. The highest BCUT2D eigenvalue weighted by Gasteiger charge is 2.18. The molecule has 0 aliphatic heterocycles. The van der Waals surface area contributed by atoms with Gasteiger partial charge in [-0.1, -0.05) is 15.9 Å². The molecule has 2 N–H and O–H groups in total. The molecular formula is C15H15BrN4O3. The van der Waals surface area contributed by atoms with Gasteiger partial charge in [0.1, 0.15) is 5.60 Å². The lowest BCUT2D eigenvalue weighted by molar-refractivity contribution is 0.0636. The molecule has 0 saturated heterocycles. The minimum atomic E-state index is -0.603. The molecule has 0 aliphatic carbocycles. The van der Waals surface area contributed by atoms with Crippen molar-refractivity contribution in [2.24, 2.45) is 0 Å². The van der Waals surface area contributed by atoms with Crippen LogP contribution in [0.1, 0.15) is 20.8 Å². The third-order valence-corrected chi connectivity index (χ3v) is 3.59. The van der Waals surface area contributed by atoms with Crippen molar-refractivity contribution in [3.63, 3.8) is 0 Å². The Morgan fingerprint density at radius 1 is 1.35 bits per heavy atom. The number of nitrogens with zero attached hydrogens (tertiary/aromatic N) is 2. The Labute approximate surface area is 139 Å². The Morgan fingerprint density at radius 2 is 2.09 bits per heavy atom. The van der Waals surface area contributed by atoms with Crippen LogP contribution in [0.4, 0.5) is 10.5 Å². The van der Waals surface area contributed by atoms with Gasteiger partial charge in [0.15, 0.2) is 5.65 Å². The molecule has 7 nitrogen and oxygen atoms in total. The standard InChI is InChI=1S/C15H15BrN4O3/c1-15(2,3)23-14(22)17-10-7-12-18-19-13(21)20(12)11-5-4-8(16)6-9(10)11/h4-7H,1-3H3,(H,17,22)(H,19,21). The van der Waals surface area contributed by atoms with E-state index in [2.05, 4.69) is 31.4 Å². The van der Waals surface area contributed by atoms with Crippen LogP contribution in [0.25, 0.3) is 16.6 Å². The molecule has 0 fully saturated rings. The fourth-order valence-electron chi connectivity index (χ4n) is 2.28. The lowest BCUT2D eigenvalue weighted by atomic mass is 10.2. The molecule has 0 unspecified atom stereocenters. The first-order valence-corrected chi connectivity index (χ1v) is 7.73. The van der Waals surface area contributed by atoms with Crippen LogP contribution in [0.3, 0.4) is 0 Å². The second-order valence-corrected chi connectivity index (χ2v) is 6.98. The molecular weight excluding hydrogens is 364 g/mol. The van der Waals surface area contributed by atoms with E-state index >= 15 is 0 Å². The number of carbonyl (C=O) groups is 1. The number of fused-ring (bicyclic) bond motifs is 3. The number of rotatable bonds is 1. The van der Waals surface area contributed by atoms with Crippen molar-refractivity contribution in [3.05, 3.63) is 39.2 Å². The van der Waals surface area contributed by atoms with E-state index in [1.807, 2.05) is 12.1 Å². The summed E-state index contributed by atoms with van der Waals surface area (Å²) < 4.78 is 7.55. The zero-order valence-electron chi connectivity index (χ0n) is 12.8. The molecule has 8 heteroatoms. The highest BCUT2D eigenvalue weighted by Crippen LogP contribution is 2.28. The number of amides is 1. The lowest BCUT2D eigenvalue weighted by Gasteiger charge is -2.20. The minimum Gasteiger partial charge on any atom is -0.444 e. The van der Waals surface area contributed by atoms with E-state index < -0.39 is 11.7 Å². The number of H-pyrrole nitrogens is 1. The SMILES string of the molecule is CC(C)(C)OC(=O)Nc1cc2n[nH]c(=O)n2c2ccc(Br)cc12. The third-order valence-electron chi connectivity index (χ3n) is 3.10. The predicted octanol–water partition coefficient (Wildman–Crippen LogP) is 3.29. The van der Waals surface area contributed by atoms with Gasteiger partial charge in [-0.3, -0.25) is 5.32 Å². The summed E-state index contributed by atoms with van der Waals surface area (Å²) in [6.45, 7) is 5.37. The van der Waals surface area contributed by atoms with E-state index in [-0.39, 0.29) is 5.69 Å². The van der Waals surface area contributed by atoms with Crippen LogP contribution in [0.5, 0.6) is 0 Å². The zero-order valence-corrected chi connectivity index (χ0v) is 14.4. The van der Waals surface area contributed by atoms with Crippen LogP contribution in [-0.2, 0) is 4.74 Å². The number of ether oxygens (including phenoxy) is 1. The van der Waals surface area contributed by atoms with Crippen molar-refractivity contribution < 1.29 is 9.53 Å². The third kappa shape index (κ3) is 3.07. The second kappa shape index (κ2) is 5.38. The molecule has 2 heterocycles. The van der Waals surface area contributed by atoms with Crippen molar-refractivity contribution in [1.29, 1.82) is 0 Å². The second-order valence-electron chi connectivity index (χ2n) is 6.07. The van der Waals surface area contributed by atoms with Crippen LogP contribution in [0.2, 0.25) is 0 Å². The molecule has 2 aromatic heterocycles. The molecule has 0 bridgehead atoms. The fourth-order valence-corrected chi connectivity index (χ4v) is 2.64. The highest BCUT2D eigenvalue weighted by molar-refractivity contribution is 9.10. The van der Waals surface area contributed by atoms with Crippen molar-refractivity contribution in [2.75, 3.05) is 5.32 Å². The minimum absolute atomic E-state index is 0.337. The Balaban J connectivity index is 2.17. The van der Waals surface area contributed by atoms with Crippen LogP contribution < -0.4 is 11.0 Å².